The number of fused-ring (bicyclic) bond motifs is 1. The van der Waals surface area contributed by atoms with E-state index in [1.165, 1.54) is 12.1 Å². The van der Waals surface area contributed by atoms with Crippen molar-refractivity contribution >= 4 is 23.0 Å². The van der Waals surface area contributed by atoms with Gasteiger partial charge in [-0.3, -0.25) is 19.9 Å². The molecule has 0 saturated heterocycles. The van der Waals surface area contributed by atoms with E-state index in [9.17, 15) is 14.9 Å². The summed E-state index contributed by atoms with van der Waals surface area (Å²) in [5.41, 5.74) is 2.36. The van der Waals surface area contributed by atoms with Crippen molar-refractivity contribution in [1.82, 2.24) is 4.98 Å². The Balaban J connectivity index is 1.91. The Morgan fingerprint density at radius 3 is 3.04 bits per heavy atom. The molecule has 118 valence electrons. The van der Waals surface area contributed by atoms with Crippen LogP contribution in [0.5, 0.6) is 5.75 Å². The van der Waals surface area contributed by atoms with Gasteiger partial charge in [0, 0.05) is 6.20 Å². The third-order valence-corrected chi connectivity index (χ3v) is 3.49. The molecule has 1 aliphatic rings. The molecule has 0 radical (unpaired) electrons. The highest BCUT2D eigenvalue weighted by molar-refractivity contribution is 5.96. The number of nitro benzene ring substituents is 1. The Morgan fingerprint density at radius 2 is 2.30 bits per heavy atom. The van der Waals surface area contributed by atoms with Crippen molar-refractivity contribution in [3.05, 3.63) is 51.8 Å². The molecule has 0 fully saturated rings. The van der Waals surface area contributed by atoms with Crippen molar-refractivity contribution in [3.63, 3.8) is 0 Å². The molecule has 23 heavy (non-hydrogen) atoms. The second-order valence-electron chi connectivity index (χ2n) is 5.08. The zero-order valence-corrected chi connectivity index (χ0v) is 12.3. The van der Waals surface area contributed by atoms with Crippen LogP contribution >= 0.6 is 0 Å². The van der Waals surface area contributed by atoms with Gasteiger partial charge in [-0.15, -0.1) is 0 Å². The Hall–Kier alpha value is -3.16. The maximum Gasteiger partial charge on any atom is 0.296 e. The molecule has 3 rings (SSSR count). The molecule has 8 heteroatoms. The number of hydrogen-bond donors (Lipinski definition) is 2. The van der Waals surface area contributed by atoms with Crippen LogP contribution in [0.15, 0.2) is 30.5 Å². The van der Waals surface area contributed by atoms with E-state index in [4.69, 9.17) is 4.74 Å². The van der Waals surface area contributed by atoms with Gasteiger partial charge in [-0.25, -0.2) is 0 Å². The first kappa shape index (κ1) is 14.8. The predicted molar refractivity (Wildman–Crippen MR) is 83.5 cm³/mol. The fourth-order valence-electron chi connectivity index (χ4n) is 2.29. The highest BCUT2D eigenvalue weighted by Crippen LogP contribution is 2.37. The van der Waals surface area contributed by atoms with Crippen molar-refractivity contribution in [3.8, 4) is 5.75 Å². The van der Waals surface area contributed by atoms with E-state index >= 15 is 0 Å². The van der Waals surface area contributed by atoms with Crippen molar-refractivity contribution in [2.24, 2.45) is 0 Å². The zero-order valence-electron chi connectivity index (χ0n) is 12.3. The summed E-state index contributed by atoms with van der Waals surface area (Å²) in [4.78, 5) is 26.4. The van der Waals surface area contributed by atoms with Gasteiger partial charge in [0.25, 0.3) is 11.6 Å². The molecule has 8 nitrogen and oxygen atoms in total. The molecule has 0 spiro atoms. The molecule has 0 aliphatic carbocycles. The number of nitro groups is 1. The van der Waals surface area contributed by atoms with Crippen molar-refractivity contribution in [2.45, 2.75) is 13.5 Å². The Bertz CT molecular complexity index is 791. The van der Waals surface area contributed by atoms with Crippen molar-refractivity contribution in [2.75, 3.05) is 17.2 Å². The first-order valence-electron chi connectivity index (χ1n) is 6.94. The van der Waals surface area contributed by atoms with Gasteiger partial charge in [-0.05, 0) is 24.6 Å². The van der Waals surface area contributed by atoms with Crippen LogP contribution in [0.2, 0.25) is 0 Å². The van der Waals surface area contributed by atoms with Gasteiger partial charge < -0.3 is 15.4 Å². The topological polar surface area (TPSA) is 106 Å². The number of pyridine rings is 1. The molecule has 2 aromatic rings. The molecule has 0 bridgehead atoms. The molecule has 0 unspecified atom stereocenters. The zero-order chi connectivity index (χ0) is 16.4. The molecular weight excluding hydrogens is 300 g/mol. The number of aromatic nitrogens is 1. The summed E-state index contributed by atoms with van der Waals surface area (Å²) >= 11 is 0. The summed E-state index contributed by atoms with van der Waals surface area (Å²) < 4.78 is 5.21. The molecule has 1 aromatic carbocycles. The Morgan fingerprint density at radius 1 is 1.48 bits per heavy atom. The molecule has 2 heterocycles. The molecule has 2 N–H and O–H groups in total. The van der Waals surface area contributed by atoms with Crippen LogP contribution in [0.25, 0.3) is 0 Å². The molecule has 1 aromatic heterocycles. The Labute approximate surface area is 131 Å². The third kappa shape index (κ3) is 3.05. The summed E-state index contributed by atoms with van der Waals surface area (Å²) in [6.07, 6.45) is 1.67. The average Bonchev–Trinajstić information content (AvgIpc) is 2.53. The second kappa shape index (κ2) is 5.91. The number of ether oxygens (including phenoxy) is 1. The van der Waals surface area contributed by atoms with Crippen LogP contribution in [0.4, 0.5) is 17.1 Å². The number of nitrogens with one attached hydrogen (secondary N) is 2. The number of rotatable bonds is 4. The monoisotopic (exact) mass is 314 g/mol. The largest absolute Gasteiger partial charge is 0.481 e. The van der Waals surface area contributed by atoms with E-state index in [1.54, 1.807) is 6.20 Å². The van der Waals surface area contributed by atoms with Gasteiger partial charge in [0.2, 0.25) is 0 Å². The van der Waals surface area contributed by atoms with Gasteiger partial charge in [-0.2, -0.15) is 0 Å². The third-order valence-electron chi connectivity index (χ3n) is 3.49. The quantitative estimate of drug-likeness (QED) is 0.662. The number of carbonyl (C=O) groups excluding carboxylic acids is 1. The van der Waals surface area contributed by atoms with Crippen molar-refractivity contribution in [1.29, 1.82) is 0 Å². The van der Waals surface area contributed by atoms with Gasteiger partial charge in [-0.1, -0.05) is 6.07 Å². The van der Waals surface area contributed by atoms with E-state index in [1.807, 2.05) is 19.1 Å². The van der Waals surface area contributed by atoms with Crippen LogP contribution in [-0.2, 0) is 11.3 Å². The summed E-state index contributed by atoms with van der Waals surface area (Å²) in [6, 6.07) is 6.55. The number of nitrogens with zero attached hydrogens (tertiary/aromatic N) is 2. The first-order chi connectivity index (χ1) is 11.0. The number of hydrogen-bond acceptors (Lipinski definition) is 6. The van der Waals surface area contributed by atoms with Crippen LogP contribution < -0.4 is 15.4 Å². The standard InChI is InChI=1S/C15H14N4O4/c1-9-3-2-4-16-12(9)7-17-10-5-11-14(6-13(10)19(21)22)23-8-15(20)18-11/h2-6,17H,7-8H2,1H3,(H,18,20). The molecule has 1 aliphatic heterocycles. The maximum absolute atomic E-state index is 11.4. The SMILES string of the molecule is Cc1cccnc1CNc1cc2c(cc1[N+](=O)[O-])OCC(=O)N2. The minimum absolute atomic E-state index is 0.117. The normalized spacial score (nSPS) is 12.8. The summed E-state index contributed by atoms with van der Waals surface area (Å²) in [5, 5.41) is 16.9. The highest BCUT2D eigenvalue weighted by atomic mass is 16.6. The minimum atomic E-state index is -0.492. The Kier molecular flexibility index (Phi) is 3.80. The van der Waals surface area contributed by atoms with Crippen LogP contribution in [0, 0.1) is 17.0 Å². The number of aryl methyl sites for hydroxylation is 1. The smallest absolute Gasteiger partial charge is 0.296 e. The molecule has 0 saturated carbocycles. The average molecular weight is 314 g/mol. The lowest BCUT2D eigenvalue weighted by molar-refractivity contribution is -0.384. The molecule has 1 amide bonds. The van der Waals surface area contributed by atoms with E-state index in [2.05, 4.69) is 15.6 Å². The maximum atomic E-state index is 11.4. The molecule has 0 atom stereocenters. The fraction of sp³-hybridized carbons (Fsp3) is 0.200. The fourth-order valence-corrected chi connectivity index (χ4v) is 2.29. The van der Waals surface area contributed by atoms with E-state index in [-0.39, 0.29) is 24.0 Å². The highest BCUT2D eigenvalue weighted by Gasteiger charge is 2.23. The van der Waals surface area contributed by atoms with E-state index in [0.29, 0.717) is 17.9 Å². The number of carbonyl (C=O) groups is 1. The van der Waals surface area contributed by atoms with Gasteiger partial charge in [0.05, 0.1) is 28.9 Å². The lowest BCUT2D eigenvalue weighted by Crippen LogP contribution is -2.25. The van der Waals surface area contributed by atoms with E-state index in [0.717, 1.165) is 11.3 Å². The second-order valence-corrected chi connectivity index (χ2v) is 5.08. The first-order valence-corrected chi connectivity index (χ1v) is 6.94. The van der Waals surface area contributed by atoms with Crippen LogP contribution in [0.1, 0.15) is 11.3 Å². The predicted octanol–water partition coefficient (Wildman–Crippen LogP) is 2.24. The van der Waals surface area contributed by atoms with Crippen molar-refractivity contribution < 1.29 is 14.5 Å². The number of benzene rings is 1. The minimum Gasteiger partial charge on any atom is -0.481 e. The van der Waals surface area contributed by atoms with Gasteiger partial charge in [0.1, 0.15) is 5.69 Å². The molecular formula is C15H14N4O4. The van der Waals surface area contributed by atoms with Gasteiger partial charge in [0.15, 0.2) is 12.4 Å². The van der Waals surface area contributed by atoms with Crippen LogP contribution in [-0.4, -0.2) is 22.4 Å². The summed E-state index contributed by atoms with van der Waals surface area (Å²) in [5.74, 6) is -0.00580. The lowest BCUT2D eigenvalue weighted by atomic mass is 10.2. The number of anilines is 2. The lowest BCUT2D eigenvalue weighted by Gasteiger charge is -2.19. The summed E-state index contributed by atoms with van der Waals surface area (Å²) in [6.45, 7) is 2.10. The van der Waals surface area contributed by atoms with Crippen LogP contribution in [0.3, 0.4) is 0 Å². The van der Waals surface area contributed by atoms with Gasteiger partial charge >= 0.3 is 0 Å². The summed E-state index contributed by atoms with van der Waals surface area (Å²) in [7, 11) is 0. The number of amides is 1. The van der Waals surface area contributed by atoms with E-state index < -0.39 is 4.92 Å².